The SMILES string of the molecule is CC(C)(O)Cc1cnc2n1C[C@H](c1cccc(F)c1F)CC[C@H]2NC(=O)OC(C)(C)C. The molecule has 0 radical (unpaired) electrons. The second kappa shape index (κ2) is 8.57. The lowest BCUT2D eigenvalue weighted by Crippen LogP contribution is -2.35. The summed E-state index contributed by atoms with van der Waals surface area (Å²) in [6.07, 6.45) is 2.44. The molecule has 0 saturated carbocycles. The summed E-state index contributed by atoms with van der Waals surface area (Å²) in [5, 5.41) is 13.2. The number of benzene rings is 1. The Morgan fingerprint density at radius 2 is 1.97 bits per heavy atom. The van der Waals surface area contributed by atoms with Gasteiger partial charge in [0, 0.05) is 30.8 Å². The Hall–Kier alpha value is -2.48. The molecule has 1 amide bonds. The number of halogens is 2. The van der Waals surface area contributed by atoms with Crippen LogP contribution in [-0.2, 0) is 17.7 Å². The van der Waals surface area contributed by atoms with Crippen molar-refractivity contribution in [3.8, 4) is 0 Å². The summed E-state index contributed by atoms with van der Waals surface area (Å²) >= 11 is 0. The van der Waals surface area contributed by atoms with E-state index in [0.29, 0.717) is 37.2 Å². The van der Waals surface area contributed by atoms with Gasteiger partial charge < -0.3 is 19.7 Å². The van der Waals surface area contributed by atoms with Gasteiger partial charge in [-0.3, -0.25) is 0 Å². The number of carbonyl (C=O) groups is 1. The number of hydrogen-bond donors (Lipinski definition) is 2. The highest BCUT2D eigenvalue weighted by Crippen LogP contribution is 2.35. The second-order valence-corrected chi connectivity index (χ2v) is 9.82. The number of nitrogens with zero attached hydrogens (tertiary/aromatic N) is 2. The van der Waals surface area contributed by atoms with Crippen molar-refractivity contribution in [3.63, 3.8) is 0 Å². The smallest absolute Gasteiger partial charge is 0.408 e. The van der Waals surface area contributed by atoms with Crippen LogP contribution in [0.5, 0.6) is 0 Å². The van der Waals surface area contributed by atoms with E-state index in [4.69, 9.17) is 4.74 Å². The number of aromatic nitrogens is 2. The van der Waals surface area contributed by atoms with E-state index in [0.717, 1.165) is 11.8 Å². The van der Waals surface area contributed by atoms with Crippen molar-refractivity contribution in [1.29, 1.82) is 0 Å². The number of carbonyl (C=O) groups excluding carboxylic acids is 1. The van der Waals surface area contributed by atoms with Crippen molar-refractivity contribution >= 4 is 6.09 Å². The number of hydrogen-bond acceptors (Lipinski definition) is 4. The predicted octanol–water partition coefficient (Wildman–Crippen LogP) is 4.62. The normalized spacial score (nSPS) is 19.5. The standard InChI is InChI=1S/C23H31F2N3O3/c1-22(2,3)31-21(29)27-18-10-9-14(16-7-6-8-17(24)19(16)25)13-28-15(11-23(4,5)30)12-26-20(18)28/h6-8,12,14,18,30H,9-11,13H2,1-5H3,(H,27,29)/t14-,18-/m1/s1. The van der Waals surface area contributed by atoms with Crippen LogP contribution < -0.4 is 5.32 Å². The lowest BCUT2D eigenvalue weighted by molar-refractivity contribution is 0.0497. The number of alkyl carbamates (subject to hydrolysis) is 1. The molecule has 0 bridgehead atoms. The van der Waals surface area contributed by atoms with Gasteiger partial charge in [0.2, 0.25) is 0 Å². The quantitative estimate of drug-likeness (QED) is 0.735. The van der Waals surface area contributed by atoms with Gasteiger partial charge in [0.25, 0.3) is 0 Å². The first-order valence-electron chi connectivity index (χ1n) is 10.5. The van der Waals surface area contributed by atoms with E-state index < -0.39 is 35.0 Å². The van der Waals surface area contributed by atoms with Crippen LogP contribution in [0.25, 0.3) is 0 Å². The molecule has 1 aromatic heterocycles. The first-order chi connectivity index (χ1) is 14.3. The number of imidazole rings is 1. The predicted molar refractivity (Wildman–Crippen MR) is 113 cm³/mol. The molecule has 0 spiro atoms. The van der Waals surface area contributed by atoms with Gasteiger partial charge in [0.05, 0.1) is 11.6 Å². The van der Waals surface area contributed by atoms with Gasteiger partial charge in [-0.25, -0.2) is 18.6 Å². The average Bonchev–Trinajstić information content (AvgIpc) is 2.89. The zero-order chi connectivity index (χ0) is 23.0. The van der Waals surface area contributed by atoms with Crippen molar-refractivity contribution < 1.29 is 23.4 Å². The number of fused-ring (bicyclic) bond motifs is 1. The molecule has 2 atom stereocenters. The molecule has 2 aromatic rings. The number of amides is 1. The molecule has 6 nitrogen and oxygen atoms in total. The Bertz CT molecular complexity index is 945. The molecule has 1 aliphatic rings. The largest absolute Gasteiger partial charge is 0.444 e. The Labute approximate surface area is 181 Å². The van der Waals surface area contributed by atoms with Crippen LogP contribution in [0.3, 0.4) is 0 Å². The first kappa shape index (κ1) is 23.2. The van der Waals surface area contributed by atoms with E-state index in [-0.39, 0.29) is 5.92 Å². The van der Waals surface area contributed by atoms with Crippen molar-refractivity contribution in [2.24, 2.45) is 0 Å². The summed E-state index contributed by atoms with van der Waals surface area (Å²) in [6, 6.07) is 3.75. The summed E-state index contributed by atoms with van der Waals surface area (Å²) in [5.74, 6) is -1.43. The molecule has 0 fully saturated rings. The fourth-order valence-corrected chi connectivity index (χ4v) is 3.99. The van der Waals surface area contributed by atoms with Gasteiger partial charge in [0.1, 0.15) is 11.4 Å². The van der Waals surface area contributed by atoms with Crippen LogP contribution in [0.15, 0.2) is 24.4 Å². The number of rotatable bonds is 4. The zero-order valence-corrected chi connectivity index (χ0v) is 18.7. The Balaban J connectivity index is 1.96. The van der Waals surface area contributed by atoms with Gasteiger partial charge >= 0.3 is 6.09 Å². The minimum atomic E-state index is -0.975. The molecule has 1 aromatic carbocycles. The summed E-state index contributed by atoms with van der Waals surface area (Å²) in [4.78, 5) is 16.9. The molecule has 0 saturated heterocycles. The van der Waals surface area contributed by atoms with Gasteiger partial charge in [-0.1, -0.05) is 12.1 Å². The molecular formula is C23H31F2N3O3. The third-order valence-corrected chi connectivity index (χ3v) is 5.21. The highest BCUT2D eigenvalue weighted by Gasteiger charge is 2.32. The number of nitrogens with one attached hydrogen (secondary N) is 1. The highest BCUT2D eigenvalue weighted by atomic mass is 19.2. The third kappa shape index (κ3) is 5.81. The minimum absolute atomic E-state index is 0.298. The summed E-state index contributed by atoms with van der Waals surface area (Å²) < 4.78 is 35.7. The van der Waals surface area contributed by atoms with Crippen molar-refractivity contribution in [3.05, 3.63) is 53.1 Å². The molecule has 2 heterocycles. The lowest BCUT2D eigenvalue weighted by Gasteiger charge is -2.23. The molecule has 3 rings (SSSR count). The van der Waals surface area contributed by atoms with E-state index in [2.05, 4.69) is 10.3 Å². The van der Waals surface area contributed by atoms with Gasteiger partial charge in [-0.05, 0) is 59.1 Å². The molecule has 2 N–H and O–H groups in total. The maximum atomic E-state index is 14.6. The molecule has 170 valence electrons. The van der Waals surface area contributed by atoms with Gasteiger partial charge in [-0.15, -0.1) is 0 Å². The summed E-state index contributed by atoms with van der Waals surface area (Å²) in [5.41, 5.74) is -0.561. The van der Waals surface area contributed by atoms with Crippen molar-refractivity contribution in [2.45, 2.75) is 83.6 Å². The minimum Gasteiger partial charge on any atom is -0.444 e. The third-order valence-electron chi connectivity index (χ3n) is 5.21. The van der Waals surface area contributed by atoms with Crippen LogP contribution in [0.4, 0.5) is 13.6 Å². The molecule has 1 aliphatic heterocycles. The topological polar surface area (TPSA) is 76.4 Å². The fraction of sp³-hybridized carbons (Fsp3) is 0.565. The average molecular weight is 436 g/mol. The molecule has 8 heteroatoms. The van der Waals surface area contributed by atoms with E-state index >= 15 is 0 Å². The summed E-state index contributed by atoms with van der Waals surface area (Å²) in [6.45, 7) is 9.11. The fourth-order valence-electron chi connectivity index (χ4n) is 3.99. The second-order valence-electron chi connectivity index (χ2n) is 9.82. The number of ether oxygens (including phenoxy) is 1. The van der Waals surface area contributed by atoms with Gasteiger partial charge in [0.15, 0.2) is 11.6 Å². The number of aliphatic hydroxyl groups is 1. The van der Waals surface area contributed by atoms with Crippen LogP contribution in [0.2, 0.25) is 0 Å². The van der Waals surface area contributed by atoms with Crippen LogP contribution in [-0.4, -0.2) is 32.0 Å². The van der Waals surface area contributed by atoms with E-state index in [9.17, 15) is 18.7 Å². The molecule has 0 aliphatic carbocycles. The van der Waals surface area contributed by atoms with E-state index in [1.165, 1.54) is 6.07 Å². The van der Waals surface area contributed by atoms with Gasteiger partial charge in [-0.2, -0.15) is 0 Å². The first-order valence-corrected chi connectivity index (χ1v) is 10.5. The Morgan fingerprint density at radius 3 is 2.61 bits per heavy atom. The molecule has 0 unspecified atom stereocenters. The van der Waals surface area contributed by atoms with Crippen LogP contribution in [0, 0.1) is 11.6 Å². The maximum absolute atomic E-state index is 14.6. The Kier molecular flexibility index (Phi) is 6.41. The lowest BCUT2D eigenvalue weighted by atomic mass is 9.92. The van der Waals surface area contributed by atoms with E-state index in [1.807, 2.05) is 4.57 Å². The monoisotopic (exact) mass is 435 g/mol. The van der Waals surface area contributed by atoms with E-state index in [1.54, 1.807) is 46.9 Å². The van der Waals surface area contributed by atoms with Crippen molar-refractivity contribution in [2.75, 3.05) is 0 Å². The zero-order valence-electron chi connectivity index (χ0n) is 18.7. The summed E-state index contributed by atoms with van der Waals surface area (Å²) in [7, 11) is 0. The maximum Gasteiger partial charge on any atom is 0.408 e. The van der Waals surface area contributed by atoms with Crippen LogP contribution in [0.1, 0.15) is 76.5 Å². The van der Waals surface area contributed by atoms with Crippen molar-refractivity contribution in [1.82, 2.24) is 14.9 Å². The molecule has 31 heavy (non-hydrogen) atoms. The molecular weight excluding hydrogens is 404 g/mol. The van der Waals surface area contributed by atoms with Crippen LogP contribution >= 0.6 is 0 Å². The highest BCUT2D eigenvalue weighted by molar-refractivity contribution is 5.68. The Morgan fingerprint density at radius 1 is 1.26 bits per heavy atom.